The van der Waals surface area contributed by atoms with E-state index in [0.717, 1.165) is 11.3 Å². The fraction of sp³-hybridized carbons (Fsp3) is 0.0909. The Morgan fingerprint density at radius 2 is 1.81 bits per heavy atom. The molecule has 0 amide bonds. The van der Waals surface area contributed by atoms with Gasteiger partial charge in [0.2, 0.25) is 9.84 Å². The van der Waals surface area contributed by atoms with E-state index < -0.39 is 9.84 Å². The normalized spacial score (nSPS) is 17.8. The molecule has 1 aliphatic heterocycles. The Balaban J connectivity index is 2.41. The van der Waals surface area contributed by atoms with Crippen LogP contribution in [0.25, 0.3) is 5.57 Å². The zero-order chi connectivity index (χ0) is 11.8. The number of hydrogen-bond donors (Lipinski definition) is 1. The number of nitrogens with two attached hydrogens (primary N) is 1. The molecule has 1 aromatic carbocycles. The summed E-state index contributed by atoms with van der Waals surface area (Å²) in [6.07, 6.45) is 1.46. The molecule has 0 bridgehead atoms. The van der Waals surface area contributed by atoms with Crippen molar-refractivity contribution in [2.24, 2.45) is 5.73 Å². The van der Waals surface area contributed by atoms with Crippen LogP contribution in [0.2, 0.25) is 0 Å². The molecule has 5 heteroatoms. The average molecular weight is 237 g/mol. The van der Waals surface area contributed by atoms with E-state index in [0.29, 0.717) is 5.57 Å². The predicted molar refractivity (Wildman–Crippen MR) is 62.2 cm³/mol. The molecule has 84 valence electrons. The van der Waals surface area contributed by atoms with E-state index >= 15 is 0 Å². The second kappa shape index (κ2) is 3.68. The van der Waals surface area contributed by atoms with E-state index in [1.807, 2.05) is 0 Å². The molecule has 2 N–H and O–H groups in total. The fourth-order valence-corrected chi connectivity index (χ4v) is 2.41. The van der Waals surface area contributed by atoms with Crippen LogP contribution in [0.4, 0.5) is 0 Å². The van der Waals surface area contributed by atoms with Gasteiger partial charge in [-0.05, 0) is 29.3 Å². The zero-order valence-electron chi connectivity index (χ0n) is 8.67. The molecule has 0 radical (unpaired) electrons. The lowest BCUT2D eigenvalue weighted by atomic mass is 10.1. The summed E-state index contributed by atoms with van der Waals surface area (Å²) in [5.41, 5.74) is 6.79. The third-order valence-corrected chi connectivity index (χ3v) is 3.67. The van der Waals surface area contributed by atoms with Crippen LogP contribution < -0.4 is 10.5 Å². The summed E-state index contributed by atoms with van der Waals surface area (Å²) in [5, 5.41) is 1.06. The lowest BCUT2D eigenvalue weighted by molar-refractivity contribution is 0.415. The summed E-state index contributed by atoms with van der Waals surface area (Å²) in [6.45, 7) is 0. The monoisotopic (exact) mass is 237 g/mol. The Morgan fingerprint density at radius 3 is 2.25 bits per heavy atom. The van der Waals surface area contributed by atoms with Crippen LogP contribution in [-0.4, -0.2) is 15.5 Å². The minimum absolute atomic E-state index is 0.113. The van der Waals surface area contributed by atoms with Gasteiger partial charge in [-0.15, -0.1) is 0 Å². The topological polar surface area (TPSA) is 69.4 Å². The summed E-state index contributed by atoms with van der Waals surface area (Å²) in [7, 11) is -1.82. The quantitative estimate of drug-likeness (QED) is 0.840. The van der Waals surface area contributed by atoms with Gasteiger partial charge in [-0.1, -0.05) is 12.1 Å². The van der Waals surface area contributed by atoms with Crippen molar-refractivity contribution in [1.82, 2.24) is 0 Å². The van der Waals surface area contributed by atoms with E-state index in [4.69, 9.17) is 10.5 Å². The molecule has 0 unspecified atom stereocenters. The van der Waals surface area contributed by atoms with Gasteiger partial charge in [0.1, 0.15) is 10.8 Å². The molecular formula is C11H11NO3S. The maximum Gasteiger partial charge on any atom is 0.215 e. The minimum Gasteiger partial charge on any atom is -0.497 e. The van der Waals surface area contributed by atoms with Gasteiger partial charge in [0.25, 0.3) is 0 Å². The van der Waals surface area contributed by atoms with Crippen molar-refractivity contribution in [3.63, 3.8) is 0 Å². The van der Waals surface area contributed by atoms with Crippen LogP contribution in [0, 0.1) is 0 Å². The van der Waals surface area contributed by atoms with Crippen molar-refractivity contribution >= 4 is 15.4 Å². The molecule has 0 atom stereocenters. The van der Waals surface area contributed by atoms with Gasteiger partial charge in [0, 0.05) is 5.41 Å². The third-order valence-electron chi connectivity index (χ3n) is 2.33. The zero-order valence-corrected chi connectivity index (χ0v) is 9.49. The summed E-state index contributed by atoms with van der Waals surface area (Å²) in [6, 6.07) is 7.11. The number of ether oxygens (including phenoxy) is 1. The number of methoxy groups -OCH3 is 1. The maximum atomic E-state index is 11.4. The smallest absolute Gasteiger partial charge is 0.215 e. The van der Waals surface area contributed by atoms with Crippen molar-refractivity contribution in [3.8, 4) is 5.75 Å². The van der Waals surface area contributed by atoms with Crippen molar-refractivity contribution in [3.05, 3.63) is 46.3 Å². The molecule has 4 nitrogen and oxygen atoms in total. The molecule has 0 aromatic heterocycles. The summed E-state index contributed by atoms with van der Waals surface area (Å²) in [5.74, 6) is 0.724. The molecule has 0 spiro atoms. The SMILES string of the molecule is COc1ccc(C2=CS(=O)(=O)C(N)=C2)cc1. The van der Waals surface area contributed by atoms with Crippen LogP contribution in [-0.2, 0) is 9.84 Å². The van der Waals surface area contributed by atoms with Gasteiger partial charge in [-0.2, -0.15) is 0 Å². The molecule has 16 heavy (non-hydrogen) atoms. The molecule has 0 aliphatic carbocycles. The lowest BCUT2D eigenvalue weighted by Gasteiger charge is -2.01. The van der Waals surface area contributed by atoms with Gasteiger partial charge in [0.15, 0.2) is 0 Å². The van der Waals surface area contributed by atoms with E-state index in [1.165, 1.54) is 11.5 Å². The van der Waals surface area contributed by atoms with E-state index in [-0.39, 0.29) is 5.03 Å². The second-order valence-corrected chi connectivity index (χ2v) is 5.19. The first-order valence-electron chi connectivity index (χ1n) is 4.61. The van der Waals surface area contributed by atoms with E-state index in [9.17, 15) is 8.42 Å². The number of hydrogen-bond acceptors (Lipinski definition) is 4. The molecule has 0 saturated heterocycles. The van der Waals surface area contributed by atoms with Gasteiger partial charge in [-0.3, -0.25) is 0 Å². The first-order valence-corrected chi connectivity index (χ1v) is 6.16. The second-order valence-electron chi connectivity index (χ2n) is 3.39. The van der Waals surface area contributed by atoms with E-state index in [1.54, 1.807) is 31.4 Å². The van der Waals surface area contributed by atoms with Gasteiger partial charge in [0.05, 0.1) is 7.11 Å². The number of allylic oxidation sites excluding steroid dienone is 2. The summed E-state index contributed by atoms with van der Waals surface area (Å²) < 4.78 is 27.8. The molecule has 1 aliphatic rings. The largest absolute Gasteiger partial charge is 0.497 e. The fourth-order valence-electron chi connectivity index (χ4n) is 1.44. The predicted octanol–water partition coefficient (Wildman–Crippen LogP) is 1.26. The Kier molecular flexibility index (Phi) is 2.47. The third kappa shape index (κ3) is 1.81. The Bertz CT molecular complexity index is 568. The highest BCUT2D eigenvalue weighted by molar-refractivity contribution is 7.98. The summed E-state index contributed by atoms with van der Waals surface area (Å²) in [4.78, 5) is 0. The van der Waals surface area contributed by atoms with Gasteiger partial charge >= 0.3 is 0 Å². The van der Waals surface area contributed by atoms with Crippen LogP contribution >= 0.6 is 0 Å². The van der Waals surface area contributed by atoms with Crippen LogP contribution in [0.1, 0.15) is 5.56 Å². The van der Waals surface area contributed by atoms with E-state index in [2.05, 4.69) is 0 Å². The van der Waals surface area contributed by atoms with Gasteiger partial charge in [-0.25, -0.2) is 8.42 Å². The molecule has 1 aromatic rings. The number of rotatable bonds is 2. The maximum absolute atomic E-state index is 11.4. The van der Waals surface area contributed by atoms with Crippen LogP contribution in [0.15, 0.2) is 40.8 Å². The Labute approximate surface area is 93.9 Å². The Hall–Kier alpha value is -1.75. The van der Waals surface area contributed by atoms with Gasteiger partial charge < -0.3 is 10.5 Å². The highest BCUT2D eigenvalue weighted by atomic mass is 32.2. The molecule has 1 heterocycles. The Morgan fingerprint density at radius 1 is 1.19 bits per heavy atom. The number of benzene rings is 1. The van der Waals surface area contributed by atoms with Crippen molar-refractivity contribution < 1.29 is 13.2 Å². The van der Waals surface area contributed by atoms with Crippen LogP contribution in [0.3, 0.4) is 0 Å². The molecule has 2 rings (SSSR count). The van der Waals surface area contributed by atoms with Crippen molar-refractivity contribution in [2.75, 3.05) is 7.11 Å². The van der Waals surface area contributed by atoms with Crippen LogP contribution in [0.5, 0.6) is 5.75 Å². The standard InChI is InChI=1S/C11H11NO3S/c1-15-10-4-2-8(3-5-10)9-6-11(12)16(13,14)7-9/h2-7H,12H2,1H3. The van der Waals surface area contributed by atoms with Crippen molar-refractivity contribution in [2.45, 2.75) is 0 Å². The lowest BCUT2D eigenvalue weighted by Crippen LogP contribution is -2.04. The first kappa shape index (κ1) is 10.8. The molecular weight excluding hydrogens is 226 g/mol. The first-order chi connectivity index (χ1) is 7.53. The highest BCUT2D eigenvalue weighted by Gasteiger charge is 2.20. The minimum atomic E-state index is -3.39. The summed E-state index contributed by atoms with van der Waals surface area (Å²) >= 11 is 0. The molecule has 0 fully saturated rings. The molecule has 0 saturated carbocycles. The van der Waals surface area contributed by atoms with Crippen molar-refractivity contribution in [1.29, 1.82) is 0 Å². The number of sulfone groups is 1. The highest BCUT2D eigenvalue weighted by Crippen LogP contribution is 2.27. The average Bonchev–Trinajstić information content (AvgIpc) is 2.54.